The molecular weight excluding hydrogens is 264 g/mol. The zero-order chi connectivity index (χ0) is 14.2. The van der Waals surface area contributed by atoms with Crippen molar-refractivity contribution in [2.75, 3.05) is 0 Å². The Labute approximate surface area is 121 Å². The molecule has 0 spiro atoms. The quantitative estimate of drug-likeness (QED) is 0.635. The molecule has 1 aromatic carbocycles. The molecule has 4 nitrogen and oxygen atoms in total. The number of fused-ring (bicyclic) bond motifs is 2. The van der Waals surface area contributed by atoms with Crippen LogP contribution in [-0.2, 0) is 6.42 Å². The van der Waals surface area contributed by atoms with E-state index < -0.39 is 0 Å². The molecule has 3 aromatic rings. The number of aryl methyl sites for hydroxylation is 1. The van der Waals surface area contributed by atoms with Gasteiger partial charge in [0.25, 0.3) is 0 Å². The lowest BCUT2D eigenvalue weighted by molar-refractivity contribution is 0.0981. The average molecular weight is 278 g/mol. The summed E-state index contributed by atoms with van der Waals surface area (Å²) in [6, 6.07) is 7.82. The van der Waals surface area contributed by atoms with E-state index in [4.69, 9.17) is 4.42 Å². The number of ketones is 1. The molecule has 1 aliphatic carbocycles. The Morgan fingerprint density at radius 1 is 1.05 bits per heavy atom. The van der Waals surface area contributed by atoms with Gasteiger partial charge in [0.1, 0.15) is 11.8 Å². The summed E-state index contributed by atoms with van der Waals surface area (Å²) in [5, 5.41) is 0.998. The molecule has 0 saturated carbocycles. The molecule has 4 heteroatoms. The number of nitrogens with zero attached hydrogens (tertiary/aromatic N) is 2. The molecule has 0 N–H and O–H groups in total. The maximum Gasteiger partial charge on any atom is 0.166 e. The van der Waals surface area contributed by atoms with Crippen molar-refractivity contribution in [2.24, 2.45) is 0 Å². The Morgan fingerprint density at radius 2 is 1.90 bits per heavy atom. The number of Topliss-reactive ketones (excluding diaryl/α,β-unsaturated/α-hetero) is 1. The van der Waals surface area contributed by atoms with E-state index in [1.165, 1.54) is 0 Å². The van der Waals surface area contributed by atoms with Gasteiger partial charge in [0, 0.05) is 18.0 Å². The minimum absolute atomic E-state index is 0.158. The number of hydrogen-bond donors (Lipinski definition) is 0. The highest BCUT2D eigenvalue weighted by molar-refractivity contribution is 5.97. The van der Waals surface area contributed by atoms with Crippen LogP contribution in [0, 0.1) is 0 Å². The predicted octanol–water partition coefficient (Wildman–Crippen LogP) is 3.80. The van der Waals surface area contributed by atoms with Crippen LogP contribution < -0.4 is 0 Å². The monoisotopic (exact) mass is 278 g/mol. The molecule has 0 saturated heterocycles. The first kappa shape index (κ1) is 12.3. The van der Waals surface area contributed by atoms with Crippen LogP contribution in [0.3, 0.4) is 0 Å². The maximum absolute atomic E-state index is 12.0. The van der Waals surface area contributed by atoms with Crippen molar-refractivity contribution < 1.29 is 9.21 Å². The van der Waals surface area contributed by atoms with Crippen LogP contribution >= 0.6 is 0 Å². The van der Waals surface area contributed by atoms with E-state index >= 15 is 0 Å². The van der Waals surface area contributed by atoms with Gasteiger partial charge in [-0.2, -0.15) is 0 Å². The van der Waals surface area contributed by atoms with Crippen molar-refractivity contribution in [3.63, 3.8) is 0 Å². The third kappa shape index (κ3) is 2.03. The van der Waals surface area contributed by atoms with Gasteiger partial charge in [0.05, 0.1) is 16.8 Å². The second-order valence-electron chi connectivity index (χ2n) is 5.33. The summed E-state index contributed by atoms with van der Waals surface area (Å²) in [5.41, 5.74) is 3.25. The minimum atomic E-state index is 0.158. The molecular formula is C17H14N2O2. The topological polar surface area (TPSA) is 56.0 Å². The second-order valence-corrected chi connectivity index (χ2v) is 5.33. The fraction of sp³-hybridized carbons (Fsp3) is 0.235. The average Bonchev–Trinajstić information content (AvgIpc) is 2.86. The molecule has 0 atom stereocenters. The van der Waals surface area contributed by atoms with Gasteiger partial charge in [-0.1, -0.05) is 18.2 Å². The van der Waals surface area contributed by atoms with Crippen LogP contribution in [0.5, 0.6) is 0 Å². The van der Waals surface area contributed by atoms with Crippen molar-refractivity contribution in [2.45, 2.75) is 25.7 Å². The highest BCUT2D eigenvalue weighted by atomic mass is 16.3. The zero-order valence-corrected chi connectivity index (χ0v) is 11.5. The van der Waals surface area contributed by atoms with Gasteiger partial charge in [0.2, 0.25) is 0 Å². The molecule has 0 bridgehead atoms. The standard InChI is InChI=1S/C17H14N2O2/c20-15-7-3-2-6-14-12(15)9-18-17(19-14)13-10-21-16-8-4-1-5-11(13)16/h1,4-5,8-10H,2-3,6-7H2. The first-order chi connectivity index (χ1) is 10.3. The molecule has 1 aliphatic rings. The lowest BCUT2D eigenvalue weighted by Gasteiger charge is -2.05. The molecule has 0 fully saturated rings. The Bertz CT molecular complexity index is 836. The lowest BCUT2D eigenvalue weighted by atomic mass is 10.1. The normalized spacial score (nSPS) is 15.0. The first-order valence-corrected chi connectivity index (χ1v) is 7.18. The van der Waals surface area contributed by atoms with Gasteiger partial charge in [-0.3, -0.25) is 4.79 Å². The number of hydrogen-bond acceptors (Lipinski definition) is 4. The fourth-order valence-electron chi connectivity index (χ4n) is 2.83. The Hall–Kier alpha value is -2.49. The van der Waals surface area contributed by atoms with Crippen LogP contribution in [0.15, 0.2) is 41.1 Å². The van der Waals surface area contributed by atoms with Gasteiger partial charge in [-0.15, -0.1) is 0 Å². The van der Waals surface area contributed by atoms with Crippen molar-refractivity contribution in [3.05, 3.63) is 48.0 Å². The summed E-state index contributed by atoms with van der Waals surface area (Å²) in [6.45, 7) is 0. The number of rotatable bonds is 1. The largest absolute Gasteiger partial charge is 0.464 e. The van der Waals surface area contributed by atoms with Crippen LogP contribution in [0.4, 0.5) is 0 Å². The minimum Gasteiger partial charge on any atom is -0.464 e. The number of benzene rings is 1. The summed E-state index contributed by atoms with van der Waals surface area (Å²) < 4.78 is 5.55. The first-order valence-electron chi connectivity index (χ1n) is 7.18. The van der Waals surface area contributed by atoms with E-state index in [-0.39, 0.29) is 5.78 Å². The van der Waals surface area contributed by atoms with Crippen LogP contribution in [0.2, 0.25) is 0 Å². The molecule has 4 rings (SSSR count). The van der Waals surface area contributed by atoms with Gasteiger partial charge >= 0.3 is 0 Å². The lowest BCUT2D eigenvalue weighted by Crippen LogP contribution is -2.05. The van der Waals surface area contributed by atoms with Gasteiger partial charge in [0.15, 0.2) is 11.6 Å². The summed E-state index contributed by atoms with van der Waals surface area (Å²) in [6.07, 6.45) is 6.73. The fourth-order valence-corrected chi connectivity index (χ4v) is 2.83. The molecule has 2 heterocycles. The Morgan fingerprint density at radius 3 is 2.86 bits per heavy atom. The summed E-state index contributed by atoms with van der Waals surface area (Å²) in [4.78, 5) is 21.0. The van der Waals surface area contributed by atoms with Crippen LogP contribution in [0.1, 0.15) is 35.3 Å². The Kier molecular flexibility index (Phi) is 2.81. The highest BCUT2D eigenvalue weighted by Crippen LogP contribution is 2.29. The van der Waals surface area contributed by atoms with Crippen LogP contribution in [-0.4, -0.2) is 15.8 Å². The maximum atomic E-state index is 12.0. The Balaban J connectivity index is 1.86. The highest BCUT2D eigenvalue weighted by Gasteiger charge is 2.19. The molecule has 2 aromatic heterocycles. The SMILES string of the molecule is O=C1CCCCc2nc(-c3coc4ccccc34)ncc21. The van der Waals surface area contributed by atoms with E-state index in [2.05, 4.69) is 9.97 Å². The number of para-hydroxylation sites is 1. The third-order valence-corrected chi connectivity index (χ3v) is 3.96. The zero-order valence-electron chi connectivity index (χ0n) is 11.5. The summed E-state index contributed by atoms with van der Waals surface area (Å²) in [5.74, 6) is 0.791. The van der Waals surface area contributed by atoms with Gasteiger partial charge in [-0.05, 0) is 25.3 Å². The van der Waals surface area contributed by atoms with E-state index in [9.17, 15) is 4.79 Å². The van der Waals surface area contributed by atoms with Crippen LogP contribution in [0.25, 0.3) is 22.4 Å². The number of aromatic nitrogens is 2. The van der Waals surface area contributed by atoms with E-state index in [1.807, 2.05) is 24.3 Å². The van der Waals surface area contributed by atoms with E-state index in [0.29, 0.717) is 17.8 Å². The number of carbonyl (C=O) groups excluding carboxylic acids is 1. The van der Waals surface area contributed by atoms with Crippen molar-refractivity contribution in [3.8, 4) is 11.4 Å². The number of furan rings is 1. The van der Waals surface area contributed by atoms with Gasteiger partial charge < -0.3 is 4.42 Å². The van der Waals surface area contributed by atoms with Crippen molar-refractivity contribution in [1.29, 1.82) is 0 Å². The molecule has 104 valence electrons. The predicted molar refractivity (Wildman–Crippen MR) is 79.1 cm³/mol. The van der Waals surface area contributed by atoms with Crippen molar-refractivity contribution >= 4 is 16.8 Å². The van der Waals surface area contributed by atoms with E-state index in [1.54, 1.807) is 12.5 Å². The molecule has 0 radical (unpaired) electrons. The third-order valence-electron chi connectivity index (χ3n) is 3.96. The molecule has 0 aliphatic heterocycles. The smallest absolute Gasteiger partial charge is 0.166 e. The van der Waals surface area contributed by atoms with E-state index in [0.717, 1.165) is 41.5 Å². The summed E-state index contributed by atoms with van der Waals surface area (Å²) >= 11 is 0. The summed E-state index contributed by atoms with van der Waals surface area (Å²) in [7, 11) is 0. The van der Waals surface area contributed by atoms with Crippen molar-refractivity contribution in [1.82, 2.24) is 9.97 Å². The molecule has 21 heavy (non-hydrogen) atoms. The molecule has 0 unspecified atom stereocenters. The van der Waals surface area contributed by atoms with Gasteiger partial charge in [-0.25, -0.2) is 9.97 Å². The molecule has 0 amide bonds. The number of carbonyl (C=O) groups is 1. The second kappa shape index (κ2) is 4.81.